The van der Waals surface area contributed by atoms with Crippen LogP contribution >= 0.6 is 11.3 Å². The molecule has 126 valence electrons. The van der Waals surface area contributed by atoms with Crippen LogP contribution in [0.25, 0.3) is 0 Å². The monoisotopic (exact) mass is 344 g/mol. The topological polar surface area (TPSA) is 66.5 Å². The summed E-state index contributed by atoms with van der Waals surface area (Å²) in [6.07, 6.45) is 3.82. The Morgan fingerprint density at radius 1 is 1.46 bits per heavy atom. The zero-order chi connectivity index (χ0) is 16.4. The summed E-state index contributed by atoms with van der Waals surface area (Å²) < 4.78 is 5.75. The number of hydrogen-bond donors (Lipinski definition) is 2. The molecule has 1 fully saturated rings. The number of benzene rings is 1. The van der Waals surface area contributed by atoms with Crippen molar-refractivity contribution < 1.29 is 9.53 Å². The highest BCUT2D eigenvalue weighted by Crippen LogP contribution is 2.27. The average molecular weight is 344 g/mol. The van der Waals surface area contributed by atoms with Gasteiger partial charge in [0, 0.05) is 36.0 Å². The first-order valence-corrected chi connectivity index (χ1v) is 9.11. The quantitative estimate of drug-likeness (QED) is 0.878. The van der Waals surface area contributed by atoms with E-state index in [0.717, 1.165) is 30.1 Å². The first kappa shape index (κ1) is 15.4. The molecule has 0 bridgehead atoms. The molecular weight excluding hydrogens is 324 g/mol. The molecule has 6 nitrogen and oxygen atoms in total. The smallest absolute Gasteiger partial charge is 0.322 e. The van der Waals surface area contributed by atoms with Crippen LogP contribution in [0.4, 0.5) is 16.2 Å². The molecule has 0 radical (unpaired) electrons. The molecule has 4 rings (SSSR count). The maximum atomic E-state index is 12.6. The Morgan fingerprint density at radius 2 is 2.42 bits per heavy atom. The second-order valence-corrected chi connectivity index (χ2v) is 6.93. The van der Waals surface area contributed by atoms with Crippen molar-refractivity contribution in [3.05, 3.63) is 40.3 Å². The number of rotatable bonds is 2. The Hall–Kier alpha value is -2.12. The second-order valence-electron chi connectivity index (χ2n) is 6.01. The number of carbonyl (C=O) groups excluding carboxylic acids is 1. The second kappa shape index (κ2) is 6.78. The number of urea groups is 1. The van der Waals surface area contributed by atoms with Crippen molar-refractivity contribution in [2.45, 2.75) is 18.9 Å². The van der Waals surface area contributed by atoms with E-state index in [1.807, 2.05) is 17.5 Å². The maximum absolute atomic E-state index is 12.6. The van der Waals surface area contributed by atoms with Crippen molar-refractivity contribution in [1.82, 2.24) is 9.88 Å². The van der Waals surface area contributed by atoms with Crippen molar-refractivity contribution in [2.24, 2.45) is 0 Å². The number of morpholine rings is 1. The molecule has 1 saturated heterocycles. The van der Waals surface area contributed by atoms with E-state index < -0.39 is 0 Å². The van der Waals surface area contributed by atoms with E-state index in [4.69, 9.17) is 4.74 Å². The standard InChI is InChI=1S/C17H20N4O2S/c22-17(20-13-3-4-14-12(10-13)2-1-5-18-14)21-7-8-23-15(11-21)16-19-6-9-24-16/h3-4,6,9-10,15,18H,1-2,5,7-8,11H2,(H,20,22). The zero-order valence-corrected chi connectivity index (χ0v) is 14.1. The molecule has 2 N–H and O–H groups in total. The lowest BCUT2D eigenvalue weighted by molar-refractivity contribution is -0.0135. The number of thiazole rings is 1. The molecule has 0 spiro atoms. The normalized spacial score (nSPS) is 20.2. The highest BCUT2D eigenvalue weighted by Gasteiger charge is 2.27. The van der Waals surface area contributed by atoms with E-state index in [0.29, 0.717) is 19.7 Å². The summed E-state index contributed by atoms with van der Waals surface area (Å²) >= 11 is 1.56. The molecule has 7 heteroatoms. The molecular formula is C17H20N4O2S. The van der Waals surface area contributed by atoms with E-state index in [-0.39, 0.29) is 12.1 Å². The number of aromatic nitrogens is 1. The van der Waals surface area contributed by atoms with Gasteiger partial charge in [-0.25, -0.2) is 9.78 Å². The van der Waals surface area contributed by atoms with Gasteiger partial charge in [0.1, 0.15) is 11.1 Å². The molecule has 24 heavy (non-hydrogen) atoms. The van der Waals surface area contributed by atoms with E-state index >= 15 is 0 Å². The number of aryl methyl sites for hydroxylation is 1. The third-order valence-electron chi connectivity index (χ3n) is 4.38. The number of anilines is 2. The van der Waals surface area contributed by atoms with Gasteiger partial charge in [0.15, 0.2) is 0 Å². The van der Waals surface area contributed by atoms with Crippen molar-refractivity contribution in [1.29, 1.82) is 0 Å². The molecule has 3 heterocycles. The third kappa shape index (κ3) is 3.22. The molecule has 2 aliphatic heterocycles. The number of amides is 2. The fourth-order valence-corrected chi connectivity index (χ4v) is 3.81. The van der Waals surface area contributed by atoms with Crippen LogP contribution in [0.2, 0.25) is 0 Å². The van der Waals surface area contributed by atoms with Crippen LogP contribution in [-0.2, 0) is 11.2 Å². The molecule has 2 aliphatic rings. The lowest BCUT2D eigenvalue weighted by Crippen LogP contribution is -2.44. The molecule has 0 aliphatic carbocycles. The number of fused-ring (bicyclic) bond motifs is 1. The van der Waals surface area contributed by atoms with Crippen LogP contribution in [0, 0.1) is 0 Å². The highest BCUT2D eigenvalue weighted by molar-refractivity contribution is 7.09. The van der Waals surface area contributed by atoms with Gasteiger partial charge in [0.05, 0.1) is 13.2 Å². The SMILES string of the molecule is O=C(Nc1ccc2c(c1)CCCN2)N1CCOC(c2nccs2)C1. The van der Waals surface area contributed by atoms with Crippen molar-refractivity contribution in [3.63, 3.8) is 0 Å². The van der Waals surface area contributed by atoms with E-state index in [1.54, 1.807) is 22.4 Å². The van der Waals surface area contributed by atoms with Crippen molar-refractivity contribution >= 4 is 28.7 Å². The predicted octanol–water partition coefficient (Wildman–Crippen LogP) is 3.11. The summed E-state index contributed by atoms with van der Waals surface area (Å²) in [5.74, 6) is 0. The van der Waals surface area contributed by atoms with Gasteiger partial charge in [-0.15, -0.1) is 11.3 Å². The summed E-state index contributed by atoms with van der Waals surface area (Å²) in [4.78, 5) is 18.7. The first-order valence-electron chi connectivity index (χ1n) is 8.23. The van der Waals surface area contributed by atoms with Gasteiger partial charge in [-0.2, -0.15) is 0 Å². The number of nitrogens with one attached hydrogen (secondary N) is 2. The molecule has 1 atom stereocenters. The molecule has 2 amide bonds. The van der Waals surface area contributed by atoms with Gasteiger partial charge in [-0.05, 0) is 36.6 Å². The molecule has 1 aromatic heterocycles. The largest absolute Gasteiger partial charge is 0.385 e. The third-order valence-corrected chi connectivity index (χ3v) is 5.24. The van der Waals surface area contributed by atoms with Gasteiger partial charge in [0.25, 0.3) is 0 Å². The van der Waals surface area contributed by atoms with E-state index in [1.165, 1.54) is 11.3 Å². The summed E-state index contributed by atoms with van der Waals surface area (Å²) in [7, 11) is 0. The molecule has 2 aromatic rings. The highest BCUT2D eigenvalue weighted by atomic mass is 32.1. The fourth-order valence-electron chi connectivity index (χ4n) is 3.13. The van der Waals surface area contributed by atoms with E-state index in [9.17, 15) is 4.79 Å². The number of ether oxygens (including phenoxy) is 1. The van der Waals surface area contributed by atoms with Crippen LogP contribution in [0.5, 0.6) is 0 Å². The average Bonchev–Trinajstić information content (AvgIpc) is 3.16. The van der Waals surface area contributed by atoms with Gasteiger partial charge in [-0.1, -0.05) is 0 Å². The first-order chi connectivity index (χ1) is 11.8. The Labute approximate surface area is 144 Å². The van der Waals surface area contributed by atoms with Crippen LogP contribution in [0.15, 0.2) is 29.8 Å². The summed E-state index contributed by atoms with van der Waals surface area (Å²) in [6.45, 7) is 2.68. The van der Waals surface area contributed by atoms with Crippen LogP contribution < -0.4 is 10.6 Å². The maximum Gasteiger partial charge on any atom is 0.322 e. The van der Waals surface area contributed by atoms with Crippen LogP contribution in [0.3, 0.4) is 0 Å². The fraction of sp³-hybridized carbons (Fsp3) is 0.412. The van der Waals surface area contributed by atoms with Crippen LogP contribution in [0.1, 0.15) is 23.1 Å². The molecule has 1 aromatic carbocycles. The minimum atomic E-state index is -0.128. The Kier molecular flexibility index (Phi) is 4.36. The summed E-state index contributed by atoms with van der Waals surface area (Å²) in [5.41, 5.74) is 3.29. The predicted molar refractivity (Wildman–Crippen MR) is 94.7 cm³/mol. The zero-order valence-electron chi connectivity index (χ0n) is 13.3. The Bertz CT molecular complexity index is 719. The summed E-state index contributed by atoms with van der Waals surface area (Å²) in [5, 5.41) is 9.25. The number of nitrogens with zero attached hydrogens (tertiary/aromatic N) is 2. The minimum absolute atomic E-state index is 0.0800. The summed E-state index contributed by atoms with van der Waals surface area (Å²) in [6, 6.07) is 5.98. The van der Waals surface area contributed by atoms with Gasteiger partial charge in [-0.3, -0.25) is 0 Å². The lowest BCUT2D eigenvalue weighted by atomic mass is 10.0. The van der Waals surface area contributed by atoms with Crippen molar-refractivity contribution in [3.8, 4) is 0 Å². The van der Waals surface area contributed by atoms with Crippen LogP contribution in [-0.4, -0.2) is 42.2 Å². The number of hydrogen-bond acceptors (Lipinski definition) is 5. The van der Waals surface area contributed by atoms with Gasteiger partial charge in [0.2, 0.25) is 0 Å². The lowest BCUT2D eigenvalue weighted by Gasteiger charge is -2.32. The minimum Gasteiger partial charge on any atom is -0.385 e. The Morgan fingerprint density at radius 3 is 3.29 bits per heavy atom. The van der Waals surface area contributed by atoms with E-state index in [2.05, 4.69) is 21.7 Å². The molecule has 0 saturated carbocycles. The van der Waals surface area contributed by atoms with Gasteiger partial charge < -0.3 is 20.3 Å². The Balaban J connectivity index is 1.42. The van der Waals surface area contributed by atoms with Gasteiger partial charge >= 0.3 is 6.03 Å². The molecule has 1 unspecified atom stereocenters. The van der Waals surface area contributed by atoms with Crippen molar-refractivity contribution in [2.75, 3.05) is 36.9 Å². The number of carbonyl (C=O) groups is 1.